The molecule has 7 nitrogen and oxygen atoms in total. The Labute approximate surface area is 146 Å². The standard InChI is InChI=1S/C13H19ClFN3O4S2/c1-9-5-13(11(14)6-12(9)15)23(19,20)18-4-2-3-10(8-18)7-17-24(16,21)22/h5-6,10,17H,2-4,7-8H2,1H3,(H2,16,21,22). The molecular weight excluding hydrogens is 381 g/mol. The second kappa shape index (κ2) is 7.22. The zero-order valence-electron chi connectivity index (χ0n) is 13.0. The van der Waals surface area contributed by atoms with E-state index in [1.54, 1.807) is 0 Å². The van der Waals surface area contributed by atoms with Gasteiger partial charge in [-0.1, -0.05) is 11.6 Å². The number of sulfonamides is 1. The maximum Gasteiger partial charge on any atom is 0.274 e. The SMILES string of the molecule is Cc1cc(S(=O)(=O)N2CCCC(CNS(N)(=O)=O)C2)c(Cl)cc1F. The highest BCUT2D eigenvalue weighted by molar-refractivity contribution is 7.89. The van der Waals surface area contributed by atoms with E-state index in [1.807, 2.05) is 0 Å². The van der Waals surface area contributed by atoms with E-state index in [-0.39, 0.29) is 34.5 Å². The topological polar surface area (TPSA) is 110 Å². The van der Waals surface area contributed by atoms with Gasteiger partial charge in [-0.25, -0.2) is 22.7 Å². The van der Waals surface area contributed by atoms with Crippen LogP contribution < -0.4 is 9.86 Å². The number of benzene rings is 1. The molecule has 1 atom stereocenters. The highest BCUT2D eigenvalue weighted by Crippen LogP contribution is 2.30. The predicted octanol–water partition coefficient (Wildman–Crippen LogP) is 0.981. The van der Waals surface area contributed by atoms with Gasteiger partial charge in [-0.05, 0) is 43.4 Å². The number of piperidine rings is 1. The molecular formula is C13H19ClFN3O4S2. The van der Waals surface area contributed by atoms with Crippen LogP contribution in [-0.4, -0.2) is 40.8 Å². The van der Waals surface area contributed by atoms with Crippen molar-refractivity contribution in [3.8, 4) is 0 Å². The minimum absolute atomic E-state index is 0.0566. The van der Waals surface area contributed by atoms with Crippen LogP contribution in [0.5, 0.6) is 0 Å². The summed E-state index contributed by atoms with van der Waals surface area (Å²) < 4.78 is 64.4. The number of halogens is 2. The van der Waals surface area contributed by atoms with Gasteiger partial charge in [0.1, 0.15) is 10.7 Å². The molecule has 24 heavy (non-hydrogen) atoms. The Hall–Kier alpha value is -0.780. The molecule has 1 aliphatic heterocycles. The molecule has 1 heterocycles. The minimum atomic E-state index is -3.89. The van der Waals surface area contributed by atoms with Crippen LogP contribution in [0.1, 0.15) is 18.4 Å². The Kier molecular flexibility index (Phi) is 5.88. The summed E-state index contributed by atoms with van der Waals surface area (Å²) in [6.45, 7) is 1.94. The van der Waals surface area contributed by atoms with Crippen molar-refractivity contribution in [2.75, 3.05) is 19.6 Å². The molecule has 0 aliphatic carbocycles. The van der Waals surface area contributed by atoms with Crippen molar-refractivity contribution in [3.63, 3.8) is 0 Å². The maximum absolute atomic E-state index is 13.5. The van der Waals surface area contributed by atoms with E-state index in [1.165, 1.54) is 17.3 Å². The molecule has 1 saturated heterocycles. The van der Waals surface area contributed by atoms with E-state index >= 15 is 0 Å². The second-order valence-electron chi connectivity index (χ2n) is 5.80. The predicted molar refractivity (Wildman–Crippen MR) is 88.7 cm³/mol. The van der Waals surface area contributed by atoms with Crippen LogP contribution in [-0.2, 0) is 20.2 Å². The van der Waals surface area contributed by atoms with E-state index in [9.17, 15) is 21.2 Å². The van der Waals surface area contributed by atoms with Gasteiger partial charge in [0, 0.05) is 19.6 Å². The highest BCUT2D eigenvalue weighted by Gasteiger charge is 2.32. The number of nitrogens with zero attached hydrogens (tertiary/aromatic N) is 1. The molecule has 3 N–H and O–H groups in total. The van der Waals surface area contributed by atoms with Crippen LogP contribution in [0.3, 0.4) is 0 Å². The van der Waals surface area contributed by atoms with Gasteiger partial charge >= 0.3 is 0 Å². The van der Waals surface area contributed by atoms with Crippen LogP contribution in [0.2, 0.25) is 5.02 Å². The van der Waals surface area contributed by atoms with Gasteiger partial charge < -0.3 is 0 Å². The van der Waals surface area contributed by atoms with E-state index < -0.39 is 26.0 Å². The zero-order valence-corrected chi connectivity index (χ0v) is 15.4. The Bertz CT molecular complexity index is 830. The molecule has 2 rings (SSSR count). The van der Waals surface area contributed by atoms with E-state index in [4.69, 9.17) is 16.7 Å². The van der Waals surface area contributed by atoms with Crippen LogP contribution >= 0.6 is 11.6 Å². The van der Waals surface area contributed by atoms with Gasteiger partial charge in [0.05, 0.1) is 5.02 Å². The summed E-state index contributed by atoms with van der Waals surface area (Å²) in [7, 11) is -7.72. The first kappa shape index (κ1) is 19.5. The molecule has 0 spiro atoms. The molecule has 1 aromatic rings. The first-order chi connectivity index (χ1) is 11.0. The van der Waals surface area contributed by atoms with E-state index in [0.29, 0.717) is 19.4 Å². The van der Waals surface area contributed by atoms with Gasteiger partial charge in [-0.3, -0.25) is 0 Å². The summed E-state index contributed by atoms with van der Waals surface area (Å²) in [6, 6.07) is 2.19. The van der Waals surface area contributed by atoms with Gasteiger partial charge in [0.25, 0.3) is 10.2 Å². The normalized spacial score (nSPS) is 20.2. The average Bonchev–Trinajstić information content (AvgIpc) is 2.48. The number of nitrogens with one attached hydrogen (secondary N) is 1. The Morgan fingerprint density at radius 1 is 1.38 bits per heavy atom. The lowest BCUT2D eigenvalue weighted by Gasteiger charge is -2.32. The third-order valence-corrected chi connectivity index (χ3v) is 6.78. The average molecular weight is 400 g/mol. The molecule has 1 fully saturated rings. The Morgan fingerprint density at radius 2 is 2.04 bits per heavy atom. The summed E-state index contributed by atoms with van der Waals surface area (Å²) in [4.78, 5) is -0.150. The zero-order chi connectivity index (χ0) is 18.1. The lowest BCUT2D eigenvalue weighted by Crippen LogP contribution is -2.44. The summed E-state index contributed by atoms with van der Waals surface area (Å²) in [5.74, 6) is -0.778. The molecule has 0 radical (unpaired) electrons. The number of nitrogens with two attached hydrogens (primary N) is 1. The molecule has 0 saturated carbocycles. The van der Waals surface area contributed by atoms with Crippen molar-refractivity contribution in [1.82, 2.24) is 9.03 Å². The highest BCUT2D eigenvalue weighted by atomic mass is 35.5. The van der Waals surface area contributed by atoms with Crippen molar-refractivity contribution in [2.24, 2.45) is 11.1 Å². The number of hydrogen-bond donors (Lipinski definition) is 2. The number of hydrogen-bond acceptors (Lipinski definition) is 4. The first-order valence-corrected chi connectivity index (χ1v) is 10.6. The first-order valence-electron chi connectivity index (χ1n) is 7.24. The monoisotopic (exact) mass is 399 g/mol. The van der Waals surface area contributed by atoms with Gasteiger partial charge in [-0.2, -0.15) is 12.7 Å². The minimum Gasteiger partial charge on any atom is -0.216 e. The summed E-state index contributed by atoms with van der Waals surface area (Å²) >= 11 is 5.91. The number of rotatable bonds is 5. The van der Waals surface area contributed by atoms with Crippen molar-refractivity contribution < 1.29 is 21.2 Å². The molecule has 1 aromatic carbocycles. The quantitative estimate of drug-likeness (QED) is 0.768. The van der Waals surface area contributed by atoms with Crippen LogP contribution in [0.15, 0.2) is 17.0 Å². The fraction of sp³-hybridized carbons (Fsp3) is 0.538. The maximum atomic E-state index is 13.5. The summed E-state index contributed by atoms with van der Waals surface area (Å²) in [6.07, 6.45) is 1.25. The fourth-order valence-corrected chi connectivity index (χ4v) is 5.21. The van der Waals surface area contributed by atoms with Crippen molar-refractivity contribution in [3.05, 3.63) is 28.5 Å². The largest absolute Gasteiger partial charge is 0.274 e. The van der Waals surface area contributed by atoms with Crippen molar-refractivity contribution in [1.29, 1.82) is 0 Å². The second-order valence-corrected chi connectivity index (χ2v) is 9.49. The van der Waals surface area contributed by atoms with E-state index in [0.717, 1.165) is 6.07 Å². The molecule has 0 aromatic heterocycles. The third-order valence-electron chi connectivity index (χ3n) is 3.89. The molecule has 11 heteroatoms. The van der Waals surface area contributed by atoms with Crippen LogP contribution in [0.25, 0.3) is 0 Å². The third kappa shape index (κ3) is 4.64. The van der Waals surface area contributed by atoms with Gasteiger partial charge in [0.15, 0.2) is 0 Å². The fourth-order valence-electron chi connectivity index (χ4n) is 2.61. The molecule has 0 bridgehead atoms. The van der Waals surface area contributed by atoms with Crippen LogP contribution in [0.4, 0.5) is 4.39 Å². The molecule has 1 aliphatic rings. The lowest BCUT2D eigenvalue weighted by molar-refractivity contribution is 0.267. The van der Waals surface area contributed by atoms with E-state index in [2.05, 4.69) is 4.72 Å². The Morgan fingerprint density at radius 3 is 2.67 bits per heavy atom. The van der Waals surface area contributed by atoms with Crippen LogP contribution in [0, 0.1) is 18.7 Å². The smallest absolute Gasteiger partial charge is 0.216 e. The summed E-state index contributed by atoms with van der Waals surface area (Å²) in [5.41, 5.74) is 0.183. The Balaban J connectivity index is 2.21. The molecule has 0 amide bonds. The lowest BCUT2D eigenvalue weighted by atomic mass is 10.0. The number of aryl methyl sites for hydroxylation is 1. The summed E-state index contributed by atoms with van der Waals surface area (Å²) in [5, 5.41) is 4.71. The molecule has 1 unspecified atom stereocenters. The van der Waals surface area contributed by atoms with Crippen molar-refractivity contribution in [2.45, 2.75) is 24.7 Å². The van der Waals surface area contributed by atoms with Crippen molar-refractivity contribution >= 4 is 31.8 Å². The van der Waals surface area contributed by atoms with Gasteiger partial charge in [0.2, 0.25) is 10.0 Å². The van der Waals surface area contributed by atoms with Gasteiger partial charge in [-0.15, -0.1) is 0 Å². The molecule has 136 valence electrons.